The number of oxazole rings is 1. The van der Waals surface area contributed by atoms with Crippen LogP contribution in [0, 0.1) is 6.92 Å². The van der Waals surface area contributed by atoms with Gasteiger partial charge in [-0.05, 0) is 19.5 Å². The lowest BCUT2D eigenvalue weighted by Gasteiger charge is -1.99. The van der Waals surface area contributed by atoms with Crippen LogP contribution in [0.4, 0.5) is 0 Å². The average molecular weight is 216 g/mol. The highest BCUT2D eigenvalue weighted by Gasteiger charge is 2.04. The van der Waals surface area contributed by atoms with E-state index in [0.29, 0.717) is 0 Å². The molecule has 0 bridgehead atoms. The van der Waals surface area contributed by atoms with Gasteiger partial charge in [-0.3, -0.25) is 0 Å². The van der Waals surface area contributed by atoms with Gasteiger partial charge in [0.1, 0.15) is 5.76 Å². The SMILES string of the molecule is CNCc1cnc(Cc2cccc(C)c2)o1. The topological polar surface area (TPSA) is 38.1 Å². The van der Waals surface area contributed by atoms with Gasteiger partial charge in [0, 0.05) is 6.42 Å². The third-order valence-electron chi connectivity index (χ3n) is 2.39. The van der Waals surface area contributed by atoms with E-state index in [4.69, 9.17) is 4.42 Å². The summed E-state index contributed by atoms with van der Waals surface area (Å²) in [6, 6.07) is 8.39. The van der Waals surface area contributed by atoms with E-state index in [1.165, 1.54) is 11.1 Å². The number of nitrogens with one attached hydrogen (secondary N) is 1. The summed E-state index contributed by atoms with van der Waals surface area (Å²) in [6.07, 6.45) is 2.53. The highest BCUT2D eigenvalue weighted by atomic mass is 16.4. The molecule has 0 spiro atoms. The van der Waals surface area contributed by atoms with E-state index >= 15 is 0 Å². The monoisotopic (exact) mass is 216 g/mol. The molecule has 1 aromatic carbocycles. The fourth-order valence-electron chi connectivity index (χ4n) is 1.68. The van der Waals surface area contributed by atoms with Crippen LogP contribution in [0.2, 0.25) is 0 Å². The minimum absolute atomic E-state index is 0.723. The summed E-state index contributed by atoms with van der Waals surface area (Å²) in [5.41, 5.74) is 2.50. The molecule has 2 aromatic rings. The zero-order valence-electron chi connectivity index (χ0n) is 9.66. The molecule has 0 aliphatic carbocycles. The van der Waals surface area contributed by atoms with Crippen molar-refractivity contribution in [3.8, 4) is 0 Å². The lowest BCUT2D eigenvalue weighted by Crippen LogP contribution is -2.03. The molecule has 0 saturated carbocycles. The number of benzene rings is 1. The van der Waals surface area contributed by atoms with Gasteiger partial charge in [-0.25, -0.2) is 4.98 Å². The molecule has 0 amide bonds. The van der Waals surface area contributed by atoms with Gasteiger partial charge in [0.15, 0.2) is 5.89 Å². The van der Waals surface area contributed by atoms with Crippen molar-refractivity contribution in [3.05, 3.63) is 53.2 Å². The van der Waals surface area contributed by atoms with Crippen LogP contribution in [0.15, 0.2) is 34.9 Å². The van der Waals surface area contributed by atoms with Crippen LogP contribution in [0.3, 0.4) is 0 Å². The lowest BCUT2D eigenvalue weighted by molar-refractivity contribution is 0.454. The zero-order chi connectivity index (χ0) is 11.4. The van der Waals surface area contributed by atoms with Crippen molar-refractivity contribution in [2.75, 3.05) is 7.05 Å². The van der Waals surface area contributed by atoms with Gasteiger partial charge >= 0.3 is 0 Å². The molecular formula is C13H16N2O. The summed E-state index contributed by atoms with van der Waals surface area (Å²) in [5, 5.41) is 3.04. The predicted molar refractivity (Wildman–Crippen MR) is 63.3 cm³/mol. The van der Waals surface area contributed by atoms with Gasteiger partial charge in [-0.1, -0.05) is 29.8 Å². The first-order chi connectivity index (χ1) is 7.78. The van der Waals surface area contributed by atoms with E-state index in [-0.39, 0.29) is 0 Å². The Kier molecular flexibility index (Phi) is 3.37. The van der Waals surface area contributed by atoms with E-state index in [0.717, 1.165) is 24.6 Å². The van der Waals surface area contributed by atoms with Crippen molar-refractivity contribution in [1.29, 1.82) is 0 Å². The summed E-state index contributed by atoms with van der Waals surface area (Å²) >= 11 is 0. The van der Waals surface area contributed by atoms with Gasteiger partial charge in [-0.2, -0.15) is 0 Å². The lowest BCUT2D eigenvalue weighted by atomic mass is 10.1. The van der Waals surface area contributed by atoms with E-state index in [2.05, 4.69) is 41.5 Å². The Bertz CT molecular complexity index is 462. The molecule has 3 nitrogen and oxygen atoms in total. The molecule has 0 aliphatic heterocycles. The fraction of sp³-hybridized carbons (Fsp3) is 0.308. The zero-order valence-corrected chi connectivity index (χ0v) is 9.66. The first kappa shape index (κ1) is 10.9. The number of aromatic nitrogens is 1. The molecule has 0 unspecified atom stereocenters. The third kappa shape index (κ3) is 2.70. The van der Waals surface area contributed by atoms with Crippen LogP contribution in [0.5, 0.6) is 0 Å². The summed E-state index contributed by atoms with van der Waals surface area (Å²) in [7, 11) is 1.89. The van der Waals surface area contributed by atoms with Crippen molar-refractivity contribution >= 4 is 0 Å². The van der Waals surface area contributed by atoms with Gasteiger partial charge in [0.2, 0.25) is 0 Å². The van der Waals surface area contributed by atoms with Crippen LogP contribution in [0.1, 0.15) is 22.8 Å². The van der Waals surface area contributed by atoms with E-state index in [1.54, 1.807) is 6.20 Å². The Morgan fingerprint density at radius 3 is 3.00 bits per heavy atom. The van der Waals surface area contributed by atoms with Crippen LogP contribution >= 0.6 is 0 Å². The molecule has 0 aliphatic rings. The first-order valence-corrected chi connectivity index (χ1v) is 5.41. The number of nitrogens with zero attached hydrogens (tertiary/aromatic N) is 1. The molecule has 1 aromatic heterocycles. The molecule has 0 atom stereocenters. The second-order valence-electron chi connectivity index (χ2n) is 3.92. The number of hydrogen-bond donors (Lipinski definition) is 1. The average Bonchev–Trinajstić information content (AvgIpc) is 2.66. The Morgan fingerprint density at radius 1 is 1.38 bits per heavy atom. The second-order valence-corrected chi connectivity index (χ2v) is 3.92. The normalized spacial score (nSPS) is 10.6. The quantitative estimate of drug-likeness (QED) is 0.852. The van der Waals surface area contributed by atoms with Crippen molar-refractivity contribution < 1.29 is 4.42 Å². The van der Waals surface area contributed by atoms with Gasteiger partial charge in [0.05, 0.1) is 12.7 Å². The maximum absolute atomic E-state index is 5.59. The fourth-order valence-corrected chi connectivity index (χ4v) is 1.68. The van der Waals surface area contributed by atoms with Gasteiger partial charge in [0.25, 0.3) is 0 Å². The standard InChI is InChI=1S/C13H16N2O/c1-10-4-3-5-11(6-10)7-13-15-9-12(16-13)8-14-2/h3-6,9,14H,7-8H2,1-2H3. The van der Waals surface area contributed by atoms with Crippen molar-refractivity contribution in [2.45, 2.75) is 19.9 Å². The number of aryl methyl sites for hydroxylation is 1. The van der Waals surface area contributed by atoms with Crippen LogP contribution < -0.4 is 5.32 Å². The van der Waals surface area contributed by atoms with Crippen molar-refractivity contribution in [3.63, 3.8) is 0 Å². The smallest absolute Gasteiger partial charge is 0.198 e. The molecular weight excluding hydrogens is 200 g/mol. The third-order valence-corrected chi connectivity index (χ3v) is 2.39. The molecule has 1 heterocycles. The molecule has 0 fully saturated rings. The minimum Gasteiger partial charge on any atom is -0.444 e. The summed E-state index contributed by atoms with van der Waals surface area (Å²) < 4.78 is 5.59. The van der Waals surface area contributed by atoms with Crippen molar-refractivity contribution in [2.24, 2.45) is 0 Å². The molecule has 84 valence electrons. The summed E-state index contributed by atoms with van der Waals surface area (Å²) in [4.78, 5) is 4.25. The maximum Gasteiger partial charge on any atom is 0.198 e. The molecule has 2 rings (SSSR count). The Hall–Kier alpha value is -1.61. The van der Waals surface area contributed by atoms with E-state index in [1.807, 2.05) is 7.05 Å². The van der Waals surface area contributed by atoms with Crippen LogP contribution in [0.25, 0.3) is 0 Å². The molecule has 16 heavy (non-hydrogen) atoms. The summed E-state index contributed by atoms with van der Waals surface area (Å²) in [6.45, 7) is 2.81. The number of hydrogen-bond acceptors (Lipinski definition) is 3. The summed E-state index contributed by atoms with van der Waals surface area (Å²) in [5.74, 6) is 1.65. The largest absolute Gasteiger partial charge is 0.444 e. The first-order valence-electron chi connectivity index (χ1n) is 5.41. The molecule has 0 radical (unpaired) electrons. The number of rotatable bonds is 4. The molecule has 3 heteroatoms. The Balaban J connectivity index is 2.08. The van der Waals surface area contributed by atoms with Crippen LogP contribution in [-0.4, -0.2) is 12.0 Å². The van der Waals surface area contributed by atoms with E-state index in [9.17, 15) is 0 Å². The Labute approximate surface area is 95.5 Å². The maximum atomic E-state index is 5.59. The second kappa shape index (κ2) is 4.94. The predicted octanol–water partition coefficient (Wildman–Crippen LogP) is 2.29. The van der Waals surface area contributed by atoms with Crippen LogP contribution in [-0.2, 0) is 13.0 Å². The highest BCUT2D eigenvalue weighted by molar-refractivity contribution is 5.24. The van der Waals surface area contributed by atoms with Gasteiger partial charge in [-0.15, -0.1) is 0 Å². The Morgan fingerprint density at radius 2 is 2.25 bits per heavy atom. The molecule has 1 N–H and O–H groups in total. The van der Waals surface area contributed by atoms with E-state index < -0.39 is 0 Å². The molecule has 0 saturated heterocycles. The van der Waals surface area contributed by atoms with Crippen molar-refractivity contribution in [1.82, 2.24) is 10.3 Å². The highest BCUT2D eigenvalue weighted by Crippen LogP contribution is 2.11. The van der Waals surface area contributed by atoms with Gasteiger partial charge < -0.3 is 9.73 Å². The minimum atomic E-state index is 0.723.